The third-order valence-electron chi connectivity index (χ3n) is 2.30. The van der Waals surface area contributed by atoms with Crippen molar-refractivity contribution in [1.29, 1.82) is 5.26 Å². The maximum atomic E-state index is 12.7. The first-order valence-electron chi connectivity index (χ1n) is 5.51. The lowest BCUT2D eigenvalue weighted by Crippen LogP contribution is -2.34. The number of alkyl halides is 6. The van der Waals surface area contributed by atoms with Crippen LogP contribution < -0.4 is 4.90 Å². The predicted molar refractivity (Wildman–Crippen MR) is 62.6 cm³/mol. The zero-order valence-corrected chi connectivity index (χ0v) is 11.1. The van der Waals surface area contributed by atoms with Crippen molar-refractivity contribution in [2.45, 2.75) is 25.7 Å². The maximum absolute atomic E-state index is 12.7. The van der Waals surface area contributed by atoms with E-state index >= 15 is 0 Å². The third kappa shape index (κ3) is 4.30. The van der Waals surface area contributed by atoms with Crippen LogP contribution in [0.25, 0.3) is 0 Å². The van der Waals surface area contributed by atoms with Gasteiger partial charge in [-0.3, -0.25) is 0 Å². The summed E-state index contributed by atoms with van der Waals surface area (Å²) in [6.07, 6.45) is -8.93. The molecule has 0 aliphatic heterocycles. The van der Waals surface area contributed by atoms with Crippen molar-refractivity contribution in [3.8, 4) is 6.07 Å². The van der Waals surface area contributed by atoms with Gasteiger partial charge in [0.25, 0.3) is 0 Å². The number of hydrogen-bond donors (Lipinski definition) is 0. The average molecular weight is 316 g/mol. The molecule has 0 aliphatic rings. The molecule has 0 aromatic carbocycles. The lowest BCUT2D eigenvalue weighted by atomic mass is 10.2. The van der Waals surface area contributed by atoms with Gasteiger partial charge in [-0.1, -0.05) is 6.92 Å². The summed E-state index contributed by atoms with van der Waals surface area (Å²) in [5.74, 6) is 0. The molecule has 0 fully saturated rings. The van der Waals surface area contributed by atoms with E-state index < -0.39 is 29.3 Å². The first-order valence-corrected chi connectivity index (χ1v) is 6.33. The van der Waals surface area contributed by atoms with Gasteiger partial charge in [-0.05, 0) is 12.5 Å². The second kappa shape index (κ2) is 5.91. The fourth-order valence-corrected chi connectivity index (χ4v) is 2.58. The molecule has 1 aromatic rings. The van der Waals surface area contributed by atoms with Gasteiger partial charge in [0.1, 0.15) is 17.5 Å². The number of halogens is 6. The first-order chi connectivity index (χ1) is 9.08. The molecule has 1 rings (SSSR count). The molecule has 0 aliphatic carbocycles. The van der Waals surface area contributed by atoms with Crippen LogP contribution in [0.3, 0.4) is 0 Å². The van der Waals surface area contributed by atoms with E-state index in [1.165, 1.54) is 6.07 Å². The van der Waals surface area contributed by atoms with Crippen molar-refractivity contribution in [1.82, 2.24) is 0 Å². The summed E-state index contributed by atoms with van der Waals surface area (Å²) < 4.78 is 75.2. The normalized spacial score (nSPS) is 12.3. The van der Waals surface area contributed by atoms with Crippen LogP contribution in [-0.4, -0.2) is 19.3 Å². The molecule has 0 saturated carbocycles. The van der Waals surface area contributed by atoms with E-state index in [0.717, 1.165) is 4.90 Å². The Morgan fingerprint density at radius 2 is 1.85 bits per heavy atom. The molecule has 0 radical (unpaired) electrons. The first kappa shape index (κ1) is 16.6. The number of anilines is 1. The molecule has 1 aromatic heterocycles. The highest BCUT2D eigenvalue weighted by atomic mass is 32.1. The zero-order valence-electron chi connectivity index (χ0n) is 10.3. The highest BCUT2D eigenvalue weighted by Crippen LogP contribution is 2.40. The van der Waals surface area contributed by atoms with Crippen LogP contribution in [-0.2, 0) is 6.18 Å². The molecule has 0 saturated heterocycles. The van der Waals surface area contributed by atoms with Gasteiger partial charge in [0.05, 0.1) is 10.6 Å². The Kier molecular flexibility index (Phi) is 4.91. The van der Waals surface area contributed by atoms with E-state index in [1.54, 1.807) is 6.92 Å². The van der Waals surface area contributed by atoms with Gasteiger partial charge in [-0.2, -0.15) is 31.6 Å². The average Bonchev–Trinajstić information content (AvgIpc) is 2.70. The number of nitrogens with zero attached hydrogens (tertiary/aromatic N) is 2. The largest absolute Gasteiger partial charge is 0.418 e. The highest BCUT2D eigenvalue weighted by Gasteiger charge is 2.37. The molecule has 0 spiro atoms. The molecule has 1 heterocycles. The van der Waals surface area contributed by atoms with Crippen LogP contribution >= 0.6 is 11.3 Å². The monoisotopic (exact) mass is 316 g/mol. The second-order valence-electron chi connectivity index (χ2n) is 3.97. The van der Waals surface area contributed by atoms with Crippen molar-refractivity contribution < 1.29 is 26.3 Å². The van der Waals surface area contributed by atoms with E-state index in [1.807, 2.05) is 0 Å². The Bertz CT molecular complexity index is 496. The quantitative estimate of drug-likeness (QED) is 0.769. The lowest BCUT2D eigenvalue weighted by Gasteiger charge is -2.23. The molecule has 0 bridgehead atoms. The standard InChI is InChI=1S/C11H10F6N2S/c1-2-3-19(6-10(12,13)14)9-4-7(11(15,16)17)8(5-18)20-9/h4H,2-3,6H2,1H3. The van der Waals surface area contributed by atoms with Crippen LogP contribution in [0.4, 0.5) is 31.3 Å². The molecule has 2 nitrogen and oxygen atoms in total. The van der Waals surface area contributed by atoms with Crippen molar-refractivity contribution in [3.63, 3.8) is 0 Å². The van der Waals surface area contributed by atoms with Gasteiger partial charge >= 0.3 is 12.4 Å². The second-order valence-corrected chi connectivity index (χ2v) is 5.00. The van der Waals surface area contributed by atoms with Gasteiger partial charge in [0, 0.05) is 6.54 Å². The fourth-order valence-electron chi connectivity index (χ4n) is 1.58. The molecular weight excluding hydrogens is 306 g/mol. The predicted octanol–water partition coefficient (Wildman–Crippen LogP) is 4.42. The molecule has 0 atom stereocenters. The molecule has 20 heavy (non-hydrogen) atoms. The van der Waals surface area contributed by atoms with E-state index in [9.17, 15) is 26.3 Å². The minimum atomic E-state index is -4.75. The summed E-state index contributed by atoms with van der Waals surface area (Å²) in [4.78, 5) is 0.177. The minimum absolute atomic E-state index is 0.0395. The van der Waals surface area contributed by atoms with Crippen molar-refractivity contribution in [2.75, 3.05) is 18.0 Å². The van der Waals surface area contributed by atoms with Crippen molar-refractivity contribution >= 4 is 16.3 Å². The highest BCUT2D eigenvalue weighted by molar-refractivity contribution is 7.16. The summed E-state index contributed by atoms with van der Waals surface area (Å²) >= 11 is 0.420. The van der Waals surface area contributed by atoms with Crippen LogP contribution in [0.1, 0.15) is 23.8 Å². The number of rotatable bonds is 4. The third-order valence-corrected chi connectivity index (χ3v) is 3.40. The summed E-state index contributed by atoms with van der Waals surface area (Å²) in [5, 5.41) is 8.46. The number of hydrogen-bond acceptors (Lipinski definition) is 3. The zero-order chi connectivity index (χ0) is 15.6. The van der Waals surface area contributed by atoms with E-state index in [2.05, 4.69) is 0 Å². The smallest absolute Gasteiger partial charge is 0.354 e. The van der Waals surface area contributed by atoms with Gasteiger partial charge < -0.3 is 4.90 Å². The topological polar surface area (TPSA) is 27.0 Å². The number of nitriles is 1. The molecule has 112 valence electrons. The summed E-state index contributed by atoms with van der Waals surface area (Å²) in [5.41, 5.74) is -1.19. The van der Waals surface area contributed by atoms with Crippen molar-refractivity contribution in [3.05, 3.63) is 16.5 Å². The molecule has 9 heteroatoms. The maximum Gasteiger partial charge on any atom is 0.418 e. The van der Waals surface area contributed by atoms with Gasteiger partial charge in [-0.15, -0.1) is 11.3 Å². The SMILES string of the molecule is CCCN(CC(F)(F)F)c1cc(C(F)(F)F)c(C#N)s1. The Labute approximate surface area is 115 Å². The summed E-state index contributed by atoms with van der Waals surface area (Å²) in [7, 11) is 0. The van der Waals surface area contributed by atoms with Crippen LogP contribution in [0.5, 0.6) is 0 Å². The number of thiophene rings is 1. The van der Waals surface area contributed by atoms with Gasteiger partial charge in [0.15, 0.2) is 0 Å². The minimum Gasteiger partial charge on any atom is -0.354 e. The Balaban J connectivity index is 3.16. The van der Waals surface area contributed by atoms with Crippen LogP contribution in [0.15, 0.2) is 6.07 Å². The fraction of sp³-hybridized carbons (Fsp3) is 0.545. The van der Waals surface area contributed by atoms with Crippen LogP contribution in [0, 0.1) is 11.3 Å². The lowest BCUT2D eigenvalue weighted by molar-refractivity contribution is -0.137. The van der Waals surface area contributed by atoms with E-state index in [-0.39, 0.29) is 11.5 Å². The van der Waals surface area contributed by atoms with Gasteiger partial charge in [0.2, 0.25) is 0 Å². The van der Waals surface area contributed by atoms with E-state index in [4.69, 9.17) is 5.26 Å². The summed E-state index contributed by atoms with van der Waals surface area (Å²) in [6, 6.07) is 1.97. The molecule has 0 N–H and O–H groups in total. The van der Waals surface area contributed by atoms with Gasteiger partial charge in [-0.25, -0.2) is 0 Å². The molecule has 0 unspecified atom stereocenters. The Morgan fingerprint density at radius 1 is 1.25 bits per heavy atom. The Hall–Kier alpha value is -1.43. The molecular formula is C11H10F6N2S. The van der Waals surface area contributed by atoms with Crippen molar-refractivity contribution in [2.24, 2.45) is 0 Å². The molecule has 0 amide bonds. The van der Waals surface area contributed by atoms with E-state index in [0.29, 0.717) is 23.8 Å². The summed E-state index contributed by atoms with van der Waals surface area (Å²) in [6.45, 7) is 0.235. The van der Waals surface area contributed by atoms with Crippen LogP contribution in [0.2, 0.25) is 0 Å². The Morgan fingerprint density at radius 3 is 2.20 bits per heavy atom.